The summed E-state index contributed by atoms with van der Waals surface area (Å²) < 4.78 is 16.8. The van der Waals surface area contributed by atoms with E-state index in [2.05, 4.69) is 81.5 Å². The molecule has 0 amide bonds. The second-order valence-electron chi connectivity index (χ2n) is 21.3. The zero-order valence-corrected chi connectivity index (χ0v) is 48.7. The SMILES string of the molecule is CC/C=C\C/C=C\C/C=C\C/C=C\C/C=C\CCCCCCCC(=O)OC(COC(=O)CCCCCCCCC)COC(=O)CCCCCCCCCCCCCCCCCCCCCCCCCCCCC. The van der Waals surface area contributed by atoms with Gasteiger partial charge in [-0.25, -0.2) is 0 Å². The van der Waals surface area contributed by atoms with E-state index in [9.17, 15) is 14.4 Å². The molecule has 424 valence electrons. The van der Waals surface area contributed by atoms with Gasteiger partial charge in [0, 0.05) is 19.3 Å². The zero-order chi connectivity index (χ0) is 52.9. The van der Waals surface area contributed by atoms with E-state index >= 15 is 0 Å². The van der Waals surface area contributed by atoms with Crippen molar-refractivity contribution >= 4 is 17.9 Å². The second-order valence-corrected chi connectivity index (χ2v) is 21.3. The van der Waals surface area contributed by atoms with E-state index in [-0.39, 0.29) is 31.1 Å². The van der Waals surface area contributed by atoms with Crippen molar-refractivity contribution in [2.24, 2.45) is 0 Å². The number of rotatable bonds is 58. The van der Waals surface area contributed by atoms with Gasteiger partial charge in [-0.15, -0.1) is 0 Å². The van der Waals surface area contributed by atoms with Crippen LogP contribution in [0.5, 0.6) is 0 Å². The maximum Gasteiger partial charge on any atom is 0.306 e. The average Bonchev–Trinajstić information content (AvgIpc) is 3.39. The van der Waals surface area contributed by atoms with Gasteiger partial charge in [0.25, 0.3) is 0 Å². The van der Waals surface area contributed by atoms with Crippen LogP contribution in [-0.2, 0) is 28.6 Å². The maximum atomic E-state index is 12.8. The van der Waals surface area contributed by atoms with Crippen LogP contribution in [-0.4, -0.2) is 37.2 Å². The lowest BCUT2D eigenvalue weighted by atomic mass is 10.0. The molecule has 1 atom stereocenters. The molecule has 73 heavy (non-hydrogen) atoms. The fourth-order valence-corrected chi connectivity index (χ4v) is 9.30. The van der Waals surface area contributed by atoms with Crippen LogP contribution in [0.25, 0.3) is 0 Å². The first-order valence-electron chi connectivity index (χ1n) is 31.8. The number of hydrogen-bond donors (Lipinski definition) is 0. The van der Waals surface area contributed by atoms with Gasteiger partial charge in [-0.3, -0.25) is 14.4 Å². The highest BCUT2D eigenvalue weighted by Crippen LogP contribution is 2.18. The van der Waals surface area contributed by atoms with E-state index in [1.54, 1.807) is 0 Å². The summed E-state index contributed by atoms with van der Waals surface area (Å²) in [6, 6.07) is 0. The van der Waals surface area contributed by atoms with Crippen molar-refractivity contribution in [3.63, 3.8) is 0 Å². The predicted molar refractivity (Wildman–Crippen MR) is 316 cm³/mol. The second kappa shape index (κ2) is 61.7. The lowest BCUT2D eigenvalue weighted by Gasteiger charge is -2.18. The molecule has 0 aliphatic heterocycles. The molecule has 0 fully saturated rings. The van der Waals surface area contributed by atoms with Crippen molar-refractivity contribution in [3.8, 4) is 0 Å². The van der Waals surface area contributed by atoms with E-state index in [4.69, 9.17) is 14.2 Å². The van der Waals surface area contributed by atoms with Crippen molar-refractivity contribution in [2.45, 2.75) is 335 Å². The quantitative estimate of drug-likeness (QED) is 0.0261. The summed E-state index contributed by atoms with van der Waals surface area (Å²) in [6.45, 7) is 6.51. The normalized spacial score (nSPS) is 12.4. The molecule has 0 bridgehead atoms. The molecule has 0 radical (unpaired) electrons. The van der Waals surface area contributed by atoms with E-state index in [1.165, 1.54) is 180 Å². The summed E-state index contributed by atoms with van der Waals surface area (Å²) in [4.78, 5) is 38.0. The Balaban J connectivity index is 4.11. The van der Waals surface area contributed by atoms with Crippen LogP contribution in [0.15, 0.2) is 60.8 Å². The summed E-state index contributed by atoms with van der Waals surface area (Å²) in [5.74, 6) is -0.889. The third-order valence-corrected chi connectivity index (χ3v) is 14.0. The first-order chi connectivity index (χ1) is 36.0. The van der Waals surface area contributed by atoms with Gasteiger partial charge in [0.2, 0.25) is 0 Å². The molecule has 0 heterocycles. The van der Waals surface area contributed by atoms with Crippen LogP contribution in [0.4, 0.5) is 0 Å². The largest absolute Gasteiger partial charge is 0.462 e. The van der Waals surface area contributed by atoms with Gasteiger partial charge in [0.1, 0.15) is 13.2 Å². The number of carbonyl (C=O) groups excluding carboxylic acids is 3. The number of unbranched alkanes of at least 4 members (excludes halogenated alkanes) is 37. The molecule has 0 aromatic rings. The van der Waals surface area contributed by atoms with Gasteiger partial charge in [-0.05, 0) is 64.2 Å². The molecule has 6 heteroatoms. The third kappa shape index (κ3) is 59.9. The Labute approximate surface area is 453 Å². The van der Waals surface area contributed by atoms with Gasteiger partial charge in [-0.1, -0.05) is 306 Å². The molecule has 6 nitrogen and oxygen atoms in total. The monoisotopic (exact) mass is 1020 g/mol. The highest BCUT2D eigenvalue weighted by atomic mass is 16.6. The van der Waals surface area contributed by atoms with Crippen molar-refractivity contribution in [1.29, 1.82) is 0 Å². The van der Waals surface area contributed by atoms with Crippen molar-refractivity contribution in [2.75, 3.05) is 13.2 Å². The molecule has 0 N–H and O–H groups in total. The Morgan fingerprint density at radius 3 is 0.836 bits per heavy atom. The maximum absolute atomic E-state index is 12.8. The molecule has 0 spiro atoms. The minimum atomic E-state index is -0.781. The number of esters is 3. The van der Waals surface area contributed by atoms with Crippen molar-refractivity contribution in [3.05, 3.63) is 60.8 Å². The first-order valence-corrected chi connectivity index (χ1v) is 31.8. The summed E-state index contributed by atoms with van der Waals surface area (Å²) in [5.41, 5.74) is 0. The van der Waals surface area contributed by atoms with Gasteiger partial charge >= 0.3 is 17.9 Å². The Kier molecular flexibility index (Phi) is 59.2. The van der Waals surface area contributed by atoms with Crippen LogP contribution in [0.1, 0.15) is 329 Å². The molecule has 0 aromatic heterocycles. The van der Waals surface area contributed by atoms with Crippen molar-refractivity contribution < 1.29 is 28.6 Å². The summed E-state index contributed by atoms with van der Waals surface area (Å²) in [5, 5.41) is 0. The predicted octanol–water partition coefficient (Wildman–Crippen LogP) is 21.6. The molecule has 0 aliphatic carbocycles. The lowest BCUT2D eigenvalue weighted by molar-refractivity contribution is -0.167. The number of ether oxygens (including phenoxy) is 3. The number of hydrogen-bond acceptors (Lipinski definition) is 6. The Morgan fingerprint density at radius 1 is 0.288 bits per heavy atom. The minimum absolute atomic E-state index is 0.0788. The van der Waals surface area contributed by atoms with Crippen LogP contribution in [0, 0.1) is 0 Å². The fraction of sp³-hybridized carbons (Fsp3) is 0.806. The Hall–Kier alpha value is -2.89. The van der Waals surface area contributed by atoms with E-state index in [1.807, 2.05) is 0 Å². The lowest BCUT2D eigenvalue weighted by Crippen LogP contribution is -2.30. The van der Waals surface area contributed by atoms with Crippen LogP contribution in [0.3, 0.4) is 0 Å². The van der Waals surface area contributed by atoms with Crippen LogP contribution in [0.2, 0.25) is 0 Å². The van der Waals surface area contributed by atoms with Gasteiger partial charge in [0.05, 0.1) is 0 Å². The minimum Gasteiger partial charge on any atom is -0.462 e. The molecular formula is C67H120O6. The van der Waals surface area contributed by atoms with E-state index in [0.717, 1.165) is 109 Å². The van der Waals surface area contributed by atoms with Crippen molar-refractivity contribution in [1.82, 2.24) is 0 Å². The van der Waals surface area contributed by atoms with E-state index < -0.39 is 6.10 Å². The topological polar surface area (TPSA) is 78.9 Å². The average molecular weight is 1020 g/mol. The molecule has 1 unspecified atom stereocenters. The highest BCUT2D eigenvalue weighted by Gasteiger charge is 2.19. The first kappa shape index (κ1) is 70.1. The van der Waals surface area contributed by atoms with E-state index in [0.29, 0.717) is 19.3 Å². The molecule has 0 rings (SSSR count). The Morgan fingerprint density at radius 2 is 0.534 bits per heavy atom. The fourth-order valence-electron chi connectivity index (χ4n) is 9.30. The number of allylic oxidation sites excluding steroid dienone is 10. The third-order valence-electron chi connectivity index (χ3n) is 14.0. The van der Waals surface area contributed by atoms with Gasteiger partial charge < -0.3 is 14.2 Å². The van der Waals surface area contributed by atoms with Gasteiger partial charge in [-0.2, -0.15) is 0 Å². The molecular weight excluding hydrogens is 901 g/mol. The standard InChI is InChI=1S/C67H120O6/c1-4-7-10-13-16-18-20-22-24-26-28-30-31-32-33-34-35-37-38-40-42-44-46-48-51-54-57-60-66(69)72-63-64(62-71-65(68)59-56-53-50-15-12-9-6-3)73-67(70)61-58-55-52-49-47-45-43-41-39-36-29-27-25-23-21-19-17-14-11-8-5-2/h8,11,17,19,23,25,29,36,41,43,64H,4-7,9-10,12-16,18,20-22,24,26-28,30-35,37-40,42,44-63H2,1-3H3/b11-8-,19-17-,25-23-,36-29-,43-41-. The molecule has 0 aromatic carbocycles. The van der Waals surface area contributed by atoms with Crippen LogP contribution < -0.4 is 0 Å². The van der Waals surface area contributed by atoms with Crippen LogP contribution >= 0.6 is 0 Å². The van der Waals surface area contributed by atoms with Gasteiger partial charge in [0.15, 0.2) is 6.10 Å². The highest BCUT2D eigenvalue weighted by molar-refractivity contribution is 5.71. The summed E-state index contributed by atoms with van der Waals surface area (Å²) in [7, 11) is 0. The zero-order valence-electron chi connectivity index (χ0n) is 48.7. The summed E-state index contributed by atoms with van der Waals surface area (Å²) >= 11 is 0. The molecule has 0 aliphatic rings. The summed E-state index contributed by atoms with van der Waals surface area (Å²) in [6.07, 6.45) is 78.3. The Bertz CT molecular complexity index is 1310. The molecule has 0 saturated carbocycles. The smallest absolute Gasteiger partial charge is 0.306 e. The number of carbonyl (C=O) groups is 3. The molecule has 0 saturated heterocycles.